The van der Waals surface area contributed by atoms with E-state index in [4.69, 9.17) is 19.2 Å². The molecule has 1 aromatic carbocycles. The lowest BCUT2D eigenvalue weighted by molar-refractivity contribution is -0.119. The number of carbonyl (C=O) groups excluding carboxylic acids is 2. The molecule has 0 bridgehead atoms. The van der Waals surface area contributed by atoms with Crippen molar-refractivity contribution >= 4 is 46.0 Å². The minimum atomic E-state index is -0.547. The van der Waals surface area contributed by atoms with E-state index in [1.807, 2.05) is 46.7 Å². The van der Waals surface area contributed by atoms with Crippen molar-refractivity contribution in [3.05, 3.63) is 47.8 Å². The number of ether oxygens (including phenoxy) is 3. The maximum absolute atomic E-state index is 13.0. The molecular weight excluding hydrogens is 480 g/mol. The van der Waals surface area contributed by atoms with Gasteiger partial charge in [0.25, 0.3) is 0 Å². The second kappa shape index (κ2) is 12.1. The Labute approximate surface area is 214 Å². The molecule has 0 spiro atoms. The first-order chi connectivity index (χ1) is 17.5. The monoisotopic (exact) mass is 512 g/mol. The molecule has 0 radical (unpaired) electrons. The molecule has 2 N–H and O–H groups in total. The molecule has 1 fully saturated rings. The quantitative estimate of drug-likeness (QED) is 0.394. The predicted molar refractivity (Wildman–Crippen MR) is 142 cm³/mol. The summed E-state index contributed by atoms with van der Waals surface area (Å²) in [6.07, 6.45) is 4.59. The highest BCUT2D eigenvalue weighted by Gasteiger charge is 2.26. The van der Waals surface area contributed by atoms with Gasteiger partial charge in [0.2, 0.25) is 5.91 Å². The minimum Gasteiger partial charge on any atom is -0.497 e. The second-order valence-corrected chi connectivity index (χ2v) is 9.80. The largest absolute Gasteiger partial charge is 0.497 e. The van der Waals surface area contributed by atoms with Crippen LogP contribution in [0.1, 0.15) is 28.9 Å². The summed E-state index contributed by atoms with van der Waals surface area (Å²) < 4.78 is 17.2. The molecule has 1 saturated heterocycles. The molecule has 0 saturated carbocycles. The Kier molecular flexibility index (Phi) is 8.71. The van der Waals surface area contributed by atoms with Gasteiger partial charge in [0.05, 0.1) is 31.8 Å². The first-order valence-electron chi connectivity index (χ1n) is 11.9. The first-order valence-corrected chi connectivity index (χ1v) is 13.1. The van der Waals surface area contributed by atoms with E-state index >= 15 is 0 Å². The number of fused-ring (bicyclic) bond motifs is 1. The number of amides is 1. The average molecular weight is 513 g/mol. The summed E-state index contributed by atoms with van der Waals surface area (Å²) in [5.41, 5.74) is 3.16. The van der Waals surface area contributed by atoms with E-state index in [2.05, 4.69) is 10.6 Å². The maximum atomic E-state index is 13.0. The van der Waals surface area contributed by atoms with Gasteiger partial charge in [-0.05, 0) is 54.5 Å². The Morgan fingerprint density at radius 2 is 1.89 bits per heavy atom. The molecular formula is C26H32N4O5S. The van der Waals surface area contributed by atoms with Gasteiger partial charge < -0.3 is 29.4 Å². The molecule has 10 heteroatoms. The van der Waals surface area contributed by atoms with Gasteiger partial charge in [0.15, 0.2) is 5.69 Å². The van der Waals surface area contributed by atoms with E-state index < -0.39 is 5.97 Å². The number of nitrogens with one attached hydrogen (secondary N) is 2. The molecule has 9 nitrogen and oxygen atoms in total. The van der Waals surface area contributed by atoms with Crippen molar-refractivity contribution in [1.82, 2.24) is 9.55 Å². The van der Waals surface area contributed by atoms with Gasteiger partial charge in [-0.15, -0.1) is 0 Å². The number of methoxy groups -OCH3 is 3. The normalized spacial score (nSPS) is 14.0. The van der Waals surface area contributed by atoms with Crippen molar-refractivity contribution < 1.29 is 23.8 Å². The number of aryl methyl sites for hydroxylation is 2. The lowest BCUT2D eigenvalue weighted by Gasteiger charge is -2.23. The highest BCUT2D eigenvalue weighted by atomic mass is 32.2. The van der Waals surface area contributed by atoms with E-state index in [9.17, 15) is 9.59 Å². The number of nitrogens with zero attached hydrogens (tertiary/aromatic N) is 2. The summed E-state index contributed by atoms with van der Waals surface area (Å²) in [4.78, 5) is 30.2. The number of benzene rings is 1. The molecule has 2 aromatic heterocycles. The fourth-order valence-corrected chi connectivity index (χ4v) is 5.48. The van der Waals surface area contributed by atoms with Crippen LogP contribution in [0.2, 0.25) is 0 Å². The van der Waals surface area contributed by atoms with E-state index in [0.29, 0.717) is 35.7 Å². The highest BCUT2D eigenvalue weighted by Crippen LogP contribution is 2.33. The topological polar surface area (TPSA) is 104 Å². The molecule has 3 heterocycles. The summed E-state index contributed by atoms with van der Waals surface area (Å²) in [5, 5.41) is 7.10. The Morgan fingerprint density at radius 3 is 2.56 bits per heavy atom. The minimum absolute atomic E-state index is 0.135. The zero-order chi connectivity index (χ0) is 25.5. The lowest BCUT2D eigenvalue weighted by Crippen LogP contribution is -2.24. The standard InChI is InChI=1S/C26H32N4O5S/c1-33-16-22(31)29-23-21-14-19(28-18-9-12-36-13-10-18)15-27-25(21)30(24(23)26(32)35-3)11-8-17-4-6-20(34-2)7-5-17/h4-7,14-15,18,28H,8-13,16H2,1-3H3,(H,29,31). The summed E-state index contributed by atoms with van der Waals surface area (Å²) in [6, 6.07) is 10.1. The molecule has 1 amide bonds. The molecule has 0 aliphatic carbocycles. The van der Waals surface area contributed by atoms with Crippen molar-refractivity contribution in [1.29, 1.82) is 0 Å². The van der Waals surface area contributed by atoms with Crippen molar-refractivity contribution in [3.8, 4) is 5.75 Å². The third kappa shape index (κ3) is 5.93. The zero-order valence-electron chi connectivity index (χ0n) is 20.8. The molecule has 0 atom stereocenters. The van der Waals surface area contributed by atoms with Crippen molar-refractivity contribution in [2.75, 3.05) is 50.1 Å². The van der Waals surface area contributed by atoms with Crippen molar-refractivity contribution in [2.24, 2.45) is 0 Å². The highest BCUT2D eigenvalue weighted by molar-refractivity contribution is 7.99. The smallest absolute Gasteiger partial charge is 0.356 e. The molecule has 3 aromatic rings. The Morgan fingerprint density at radius 1 is 1.14 bits per heavy atom. The predicted octanol–water partition coefficient (Wildman–Crippen LogP) is 3.97. The van der Waals surface area contributed by atoms with E-state index in [0.717, 1.165) is 41.3 Å². The van der Waals surface area contributed by atoms with E-state index in [1.165, 1.54) is 14.2 Å². The number of carbonyl (C=O) groups is 2. The maximum Gasteiger partial charge on any atom is 0.356 e. The molecule has 0 unspecified atom stereocenters. The van der Waals surface area contributed by atoms with Crippen LogP contribution in [0.4, 0.5) is 11.4 Å². The number of hydrogen-bond donors (Lipinski definition) is 2. The summed E-state index contributed by atoms with van der Waals surface area (Å²) in [5.74, 6) is 2.12. The van der Waals surface area contributed by atoms with Crippen molar-refractivity contribution in [3.63, 3.8) is 0 Å². The van der Waals surface area contributed by atoms with Crippen LogP contribution >= 0.6 is 11.8 Å². The number of thioether (sulfide) groups is 1. The molecule has 4 rings (SSSR count). The third-order valence-corrected chi connectivity index (χ3v) is 7.24. The number of rotatable bonds is 10. The number of aromatic nitrogens is 2. The van der Waals surface area contributed by atoms with Crippen LogP contribution in [-0.2, 0) is 27.2 Å². The fraction of sp³-hybridized carbons (Fsp3) is 0.423. The van der Waals surface area contributed by atoms with Gasteiger partial charge in [-0.2, -0.15) is 11.8 Å². The van der Waals surface area contributed by atoms with Crippen LogP contribution < -0.4 is 15.4 Å². The Balaban J connectivity index is 1.74. The summed E-state index contributed by atoms with van der Waals surface area (Å²) in [6.45, 7) is 0.331. The number of hydrogen-bond acceptors (Lipinski definition) is 8. The van der Waals surface area contributed by atoms with Gasteiger partial charge in [-0.3, -0.25) is 4.79 Å². The van der Waals surface area contributed by atoms with E-state index in [1.54, 1.807) is 13.3 Å². The lowest BCUT2D eigenvalue weighted by atomic mass is 10.1. The van der Waals surface area contributed by atoms with Gasteiger partial charge >= 0.3 is 5.97 Å². The average Bonchev–Trinajstić information content (AvgIpc) is 3.20. The Hall–Kier alpha value is -3.24. The van der Waals surface area contributed by atoms with Gasteiger partial charge in [0, 0.05) is 25.1 Å². The molecule has 1 aliphatic rings. The SMILES string of the molecule is COCC(=O)Nc1c(C(=O)OC)n(CCc2ccc(OC)cc2)c2ncc(NC3CCSCC3)cc12. The van der Waals surface area contributed by atoms with Crippen LogP contribution in [-0.4, -0.2) is 66.9 Å². The van der Waals surface area contributed by atoms with Crippen LogP contribution in [0, 0.1) is 0 Å². The Bertz CT molecular complexity index is 1210. The second-order valence-electron chi connectivity index (χ2n) is 8.57. The molecule has 192 valence electrons. The fourth-order valence-electron chi connectivity index (χ4n) is 4.37. The van der Waals surface area contributed by atoms with Gasteiger partial charge in [0.1, 0.15) is 18.0 Å². The summed E-state index contributed by atoms with van der Waals surface area (Å²) in [7, 11) is 4.41. The van der Waals surface area contributed by atoms with Crippen LogP contribution in [0.3, 0.4) is 0 Å². The number of pyridine rings is 1. The molecule has 1 aliphatic heterocycles. The van der Waals surface area contributed by atoms with Crippen LogP contribution in [0.25, 0.3) is 11.0 Å². The van der Waals surface area contributed by atoms with Crippen molar-refractivity contribution in [2.45, 2.75) is 31.8 Å². The van der Waals surface area contributed by atoms with Gasteiger partial charge in [-0.25, -0.2) is 9.78 Å². The zero-order valence-corrected chi connectivity index (χ0v) is 21.7. The summed E-state index contributed by atoms with van der Waals surface area (Å²) >= 11 is 1.97. The number of anilines is 2. The molecule has 36 heavy (non-hydrogen) atoms. The number of esters is 1. The van der Waals surface area contributed by atoms with E-state index in [-0.39, 0.29) is 18.2 Å². The first kappa shape index (κ1) is 25.8. The van der Waals surface area contributed by atoms with Crippen LogP contribution in [0.15, 0.2) is 36.5 Å². The van der Waals surface area contributed by atoms with Gasteiger partial charge in [-0.1, -0.05) is 12.1 Å². The third-order valence-electron chi connectivity index (χ3n) is 6.19. The van der Waals surface area contributed by atoms with Crippen LogP contribution in [0.5, 0.6) is 5.75 Å².